The first kappa shape index (κ1) is 16.0. The highest BCUT2D eigenvalue weighted by Crippen LogP contribution is 2.05. The van der Waals surface area contributed by atoms with Crippen LogP contribution in [0, 0.1) is 5.82 Å². The molecule has 0 saturated heterocycles. The molecule has 0 aliphatic rings. The van der Waals surface area contributed by atoms with E-state index in [1.54, 1.807) is 18.2 Å². The van der Waals surface area contributed by atoms with Crippen LogP contribution in [0.5, 0.6) is 0 Å². The molecule has 1 unspecified atom stereocenters. The molecule has 1 atom stereocenters. The van der Waals surface area contributed by atoms with Gasteiger partial charge in [0.2, 0.25) is 0 Å². The minimum Gasteiger partial charge on any atom is -0.389 e. The zero-order valence-corrected chi connectivity index (χ0v) is 11.3. The van der Waals surface area contributed by atoms with E-state index in [0.717, 1.165) is 0 Å². The number of benzene rings is 1. The Bertz CT molecular complexity index is 349. The van der Waals surface area contributed by atoms with Crippen molar-refractivity contribution >= 4 is 0 Å². The number of hydrogen-bond donors (Lipinski definition) is 2. The van der Waals surface area contributed by atoms with Gasteiger partial charge in [0.15, 0.2) is 0 Å². The van der Waals surface area contributed by atoms with E-state index in [0.29, 0.717) is 38.5 Å². The molecule has 1 aromatic rings. The first-order valence-corrected chi connectivity index (χ1v) is 6.51. The van der Waals surface area contributed by atoms with Crippen molar-refractivity contribution in [2.75, 3.05) is 33.0 Å². The van der Waals surface area contributed by atoms with E-state index in [1.807, 2.05) is 6.92 Å². The fourth-order valence-electron chi connectivity index (χ4n) is 1.56. The summed E-state index contributed by atoms with van der Waals surface area (Å²) in [7, 11) is 0. The number of ether oxygens (including phenoxy) is 2. The number of aliphatic hydroxyl groups excluding tert-OH is 1. The Hall–Kier alpha value is -1.01. The number of nitrogens with one attached hydrogen (secondary N) is 1. The van der Waals surface area contributed by atoms with Crippen LogP contribution in [0.2, 0.25) is 0 Å². The summed E-state index contributed by atoms with van der Waals surface area (Å²) in [4.78, 5) is 0. The van der Waals surface area contributed by atoms with Gasteiger partial charge in [-0.1, -0.05) is 18.2 Å². The maximum absolute atomic E-state index is 13.3. The third kappa shape index (κ3) is 7.22. The van der Waals surface area contributed by atoms with Crippen LogP contribution in [-0.4, -0.2) is 44.2 Å². The van der Waals surface area contributed by atoms with Crippen molar-refractivity contribution in [3.05, 3.63) is 35.6 Å². The van der Waals surface area contributed by atoms with E-state index in [1.165, 1.54) is 6.07 Å². The van der Waals surface area contributed by atoms with Gasteiger partial charge >= 0.3 is 0 Å². The van der Waals surface area contributed by atoms with Crippen LogP contribution in [0.4, 0.5) is 4.39 Å². The molecular weight excluding hydrogens is 249 g/mol. The van der Waals surface area contributed by atoms with Gasteiger partial charge in [-0.2, -0.15) is 0 Å². The highest BCUT2D eigenvalue weighted by Gasteiger charge is 2.05. The Balaban J connectivity index is 2.07. The molecule has 0 aliphatic heterocycles. The van der Waals surface area contributed by atoms with Crippen molar-refractivity contribution in [2.24, 2.45) is 0 Å². The molecule has 0 saturated carbocycles. The van der Waals surface area contributed by atoms with Crippen LogP contribution in [0.15, 0.2) is 24.3 Å². The van der Waals surface area contributed by atoms with Gasteiger partial charge in [-0.3, -0.25) is 0 Å². The second-order valence-corrected chi connectivity index (χ2v) is 4.15. The molecule has 19 heavy (non-hydrogen) atoms. The number of hydrogen-bond acceptors (Lipinski definition) is 4. The molecule has 4 nitrogen and oxygen atoms in total. The van der Waals surface area contributed by atoms with E-state index >= 15 is 0 Å². The summed E-state index contributed by atoms with van der Waals surface area (Å²) >= 11 is 0. The van der Waals surface area contributed by atoms with Crippen molar-refractivity contribution < 1.29 is 19.0 Å². The van der Waals surface area contributed by atoms with E-state index < -0.39 is 6.10 Å². The molecule has 2 N–H and O–H groups in total. The van der Waals surface area contributed by atoms with Gasteiger partial charge in [-0.25, -0.2) is 4.39 Å². The lowest BCUT2D eigenvalue weighted by molar-refractivity contribution is 0.00641. The minimum absolute atomic E-state index is 0.238. The van der Waals surface area contributed by atoms with Crippen LogP contribution in [0.3, 0.4) is 0 Å². The molecule has 0 aliphatic carbocycles. The van der Waals surface area contributed by atoms with Gasteiger partial charge < -0.3 is 19.9 Å². The molecule has 0 bridgehead atoms. The fraction of sp³-hybridized carbons (Fsp3) is 0.571. The molecule has 1 rings (SSSR count). The quantitative estimate of drug-likeness (QED) is 0.630. The van der Waals surface area contributed by atoms with Crippen LogP contribution in [0.25, 0.3) is 0 Å². The van der Waals surface area contributed by atoms with Crippen molar-refractivity contribution in [1.82, 2.24) is 5.32 Å². The largest absolute Gasteiger partial charge is 0.389 e. The third-order valence-electron chi connectivity index (χ3n) is 2.54. The first-order valence-electron chi connectivity index (χ1n) is 6.51. The molecule has 108 valence electrons. The second kappa shape index (κ2) is 9.86. The first-order chi connectivity index (χ1) is 9.24. The lowest BCUT2D eigenvalue weighted by Gasteiger charge is -2.12. The van der Waals surface area contributed by atoms with E-state index in [2.05, 4.69) is 5.32 Å². The van der Waals surface area contributed by atoms with E-state index in [9.17, 15) is 9.50 Å². The number of aliphatic hydroxyl groups is 1. The molecule has 0 aromatic heterocycles. The third-order valence-corrected chi connectivity index (χ3v) is 2.54. The highest BCUT2D eigenvalue weighted by molar-refractivity contribution is 5.16. The summed E-state index contributed by atoms with van der Waals surface area (Å²) in [6.45, 7) is 4.59. The summed E-state index contributed by atoms with van der Waals surface area (Å²) < 4.78 is 23.6. The predicted octanol–water partition coefficient (Wildman–Crippen LogP) is 1.33. The average molecular weight is 271 g/mol. The SMILES string of the molecule is CCOCCOCC(O)CNCc1ccccc1F. The van der Waals surface area contributed by atoms with Gasteiger partial charge in [-0.05, 0) is 13.0 Å². The smallest absolute Gasteiger partial charge is 0.127 e. The van der Waals surface area contributed by atoms with Gasteiger partial charge in [0.1, 0.15) is 5.82 Å². The fourth-order valence-corrected chi connectivity index (χ4v) is 1.56. The molecule has 0 radical (unpaired) electrons. The van der Waals surface area contributed by atoms with Gasteiger partial charge in [0.05, 0.1) is 25.9 Å². The van der Waals surface area contributed by atoms with Crippen LogP contribution in [0.1, 0.15) is 12.5 Å². The Labute approximate surface area is 113 Å². The van der Waals surface area contributed by atoms with Crippen LogP contribution < -0.4 is 5.32 Å². The molecule has 1 aromatic carbocycles. The normalized spacial score (nSPS) is 12.6. The number of rotatable bonds is 10. The molecule has 0 amide bonds. The van der Waals surface area contributed by atoms with Gasteiger partial charge in [0, 0.05) is 25.3 Å². The summed E-state index contributed by atoms with van der Waals surface area (Å²) in [6, 6.07) is 6.57. The van der Waals surface area contributed by atoms with Gasteiger partial charge in [-0.15, -0.1) is 0 Å². The number of halogens is 1. The maximum atomic E-state index is 13.3. The van der Waals surface area contributed by atoms with Crippen LogP contribution in [-0.2, 0) is 16.0 Å². The summed E-state index contributed by atoms with van der Waals surface area (Å²) in [5.41, 5.74) is 0.590. The van der Waals surface area contributed by atoms with Crippen molar-refractivity contribution in [3.8, 4) is 0 Å². The molecular formula is C14H22FNO3. The molecule has 5 heteroatoms. The molecule has 0 heterocycles. The zero-order chi connectivity index (χ0) is 13.9. The monoisotopic (exact) mass is 271 g/mol. The van der Waals surface area contributed by atoms with Crippen LogP contribution >= 0.6 is 0 Å². The Morgan fingerprint density at radius 2 is 2.00 bits per heavy atom. The lowest BCUT2D eigenvalue weighted by atomic mass is 10.2. The van der Waals surface area contributed by atoms with E-state index in [4.69, 9.17) is 9.47 Å². The minimum atomic E-state index is -0.603. The standard InChI is InChI=1S/C14H22FNO3/c1-2-18-7-8-19-11-13(17)10-16-9-12-5-3-4-6-14(12)15/h3-6,13,16-17H,2,7-11H2,1H3. The van der Waals surface area contributed by atoms with Crippen molar-refractivity contribution in [1.29, 1.82) is 0 Å². The molecule has 0 fully saturated rings. The maximum Gasteiger partial charge on any atom is 0.127 e. The Kier molecular flexibility index (Phi) is 8.33. The Morgan fingerprint density at radius 3 is 2.74 bits per heavy atom. The van der Waals surface area contributed by atoms with E-state index in [-0.39, 0.29) is 12.4 Å². The topological polar surface area (TPSA) is 50.7 Å². The highest BCUT2D eigenvalue weighted by atomic mass is 19.1. The molecule has 0 spiro atoms. The lowest BCUT2D eigenvalue weighted by Crippen LogP contribution is -2.30. The Morgan fingerprint density at radius 1 is 1.26 bits per heavy atom. The van der Waals surface area contributed by atoms with Crippen molar-refractivity contribution in [3.63, 3.8) is 0 Å². The summed E-state index contributed by atoms with van der Waals surface area (Å²) in [6.07, 6.45) is -0.603. The average Bonchev–Trinajstić information content (AvgIpc) is 2.41. The van der Waals surface area contributed by atoms with Gasteiger partial charge in [0.25, 0.3) is 0 Å². The zero-order valence-electron chi connectivity index (χ0n) is 11.3. The predicted molar refractivity (Wildman–Crippen MR) is 71.4 cm³/mol. The van der Waals surface area contributed by atoms with Crippen molar-refractivity contribution in [2.45, 2.75) is 19.6 Å². The second-order valence-electron chi connectivity index (χ2n) is 4.15. The summed E-state index contributed by atoms with van der Waals surface area (Å²) in [5, 5.41) is 12.6. The summed E-state index contributed by atoms with van der Waals surface area (Å²) in [5.74, 6) is -0.238.